The number of carbonyl (C=O) groups is 2. The van der Waals surface area contributed by atoms with Crippen molar-refractivity contribution in [3.63, 3.8) is 0 Å². The quantitative estimate of drug-likeness (QED) is 0.379. The van der Waals surface area contributed by atoms with Gasteiger partial charge in [-0.1, -0.05) is 41.9 Å². The number of nitrogens with two attached hydrogens (primary N) is 1. The van der Waals surface area contributed by atoms with Crippen LogP contribution in [0.2, 0.25) is 5.02 Å². The molecule has 1 atom stereocenters. The number of benzene rings is 2. The van der Waals surface area contributed by atoms with Crippen molar-refractivity contribution in [3.05, 3.63) is 70.9 Å². The highest BCUT2D eigenvalue weighted by molar-refractivity contribution is 6.33. The molecule has 0 bridgehead atoms. The molecule has 1 aromatic heterocycles. The number of hydrogen-bond acceptors (Lipinski definition) is 6. The van der Waals surface area contributed by atoms with Gasteiger partial charge in [0.1, 0.15) is 5.82 Å². The van der Waals surface area contributed by atoms with Crippen molar-refractivity contribution in [1.29, 1.82) is 0 Å². The number of amides is 3. The highest BCUT2D eigenvalue weighted by Gasteiger charge is 2.16. The van der Waals surface area contributed by atoms with E-state index in [9.17, 15) is 9.59 Å². The standard InChI is InChI=1S/C21H22ClN7O2/c1-12(13-6-4-3-5-7-13)26-19-15(18(23)30)11-25-20(29-19)27-14-8-9-16(22)17(10-14)28-21(31)24-2/h3-12H,1-2H3,(H2,23,30)(H2,24,28,31)(H2,25,26,27,29)/t12-/m1/s1. The predicted molar refractivity (Wildman–Crippen MR) is 122 cm³/mol. The molecule has 31 heavy (non-hydrogen) atoms. The number of carbonyl (C=O) groups excluding carboxylic acids is 2. The minimum atomic E-state index is -0.641. The zero-order valence-electron chi connectivity index (χ0n) is 16.9. The third-order valence-corrected chi connectivity index (χ3v) is 4.73. The van der Waals surface area contributed by atoms with E-state index >= 15 is 0 Å². The predicted octanol–water partition coefficient (Wildman–Crippen LogP) is 3.90. The van der Waals surface area contributed by atoms with Crippen LogP contribution in [0.5, 0.6) is 0 Å². The Morgan fingerprint density at radius 1 is 1.13 bits per heavy atom. The lowest BCUT2D eigenvalue weighted by Crippen LogP contribution is -2.24. The molecule has 0 aliphatic rings. The van der Waals surface area contributed by atoms with E-state index in [2.05, 4.69) is 31.2 Å². The molecule has 3 amide bonds. The number of primary amides is 1. The summed E-state index contributed by atoms with van der Waals surface area (Å²) in [6.07, 6.45) is 1.36. The van der Waals surface area contributed by atoms with Crippen LogP contribution in [0.15, 0.2) is 54.7 Å². The smallest absolute Gasteiger partial charge is 0.319 e. The Kier molecular flexibility index (Phi) is 6.88. The van der Waals surface area contributed by atoms with Gasteiger partial charge in [0.15, 0.2) is 0 Å². The molecule has 160 valence electrons. The van der Waals surface area contributed by atoms with Gasteiger partial charge in [-0.3, -0.25) is 4.79 Å². The van der Waals surface area contributed by atoms with Gasteiger partial charge >= 0.3 is 6.03 Å². The summed E-state index contributed by atoms with van der Waals surface area (Å²) in [5.41, 5.74) is 7.68. The Morgan fingerprint density at radius 2 is 1.87 bits per heavy atom. The molecular weight excluding hydrogens is 418 g/mol. The maximum absolute atomic E-state index is 11.8. The Morgan fingerprint density at radius 3 is 2.55 bits per heavy atom. The Bertz CT molecular complexity index is 1090. The summed E-state index contributed by atoms with van der Waals surface area (Å²) >= 11 is 6.13. The van der Waals surface area contributed by atoms with Crippen LogP contribution in [0.25, 0.3) is 0 Å². The van der Waals surface area contributed by atoms with Gasteiger partial charge in [0, 0.05) is 25.0 Å². The largest absolute Gasteiger partial charge is 0.365 e. The SMILES string of the molecule is CNC(=O)Nc1cc(Nc2ncc(C(N)=O)c(N[C@H](C)c3ccccc3)n2)ccc1Cl. The normalized spacial score (nSPS) is 11.3. The third-order valence-electron chi connectivity index (χ3n) is 4.40. The maximum atomic E-state index is 11.8. The van der Waals surface area contributed by atoms with Crippen LogP contribution >= 0.6 is 11.6 Å². The molecule has 0 spiro atoms. The molecule has 9 nitrogen and oxygen atoms in total. The van der Waals surface area contributed by atoms with E-state index in [1.54, 1.807) is 18.2 Å². The number of urea groups is 1. The van der Waals surface area contributed by atoms with Crippen molar-refractivity contribution in [2.75, 3.05) is 23.0 Å². The fraction of sp³-hybridized carbons (Fsp3) is 0.143. The number of nitrogens with zero attached hydrogens (tertiary/aromatic N) is 2. The monoisotopic (exact) mass is 439 g/mol. The van der Waals surface area contributed by atoms with Gasteiger partial charge in [0.05, 0.1) is 16.3 Å². The van der Waals surface area contributed by atoms with Crippen molar-refractivity contribution < 1.29 is 9.59 Å². The summed E-state index contributed by atoms with van der Waals surface area (Å²) in [4.78, 5) is 32.0. The van der Waals surface area contributed by atoms with Gasteiger partial charge in [0.2, 0.25) is 5.95 Å². The second-order valence-corrected chi connectivity index (χ2v) is 7.03. The first-order valence-corrected chi connectivity index (χ1v) is 9.78. The number of aromatic nitrogens is 2. The number of nitrogens with one attached hydrogen (secondary N) is 4. The lowest BCUT2D eigenvalue weighted by molar-refractivity contribution is 0.100. The first kappa shape index (κ1) is 21.8. The average Bonchev–Trinajstić information content (AvgIpc) is 2.76. The van der Waals surface area contributed by atoms with Crippen LogP contribution < -0.4 is 27.0 Å². The van der Waals surface area contributed by atoms with Crippen LogP contribution in [0.4, 0.5) is 27.9 Å². The van der Waals surface area contributed by atoms with Crippen molar-refractivity contribution >= 4 is 46.7 Å². The molecule has 0 radical (unpaired) electrons. The molecule has 2 aromatic carbocycles. The van der Waals surface area contributed by atoms with E-state index in [0.717, 1.165) is 5.56 Å². The second kappa shape index (κ2) is 9.77. The summed E-state index contributed by atoms with van der Waals surface area (Å²) in [7, 11) is 1.50. The lowest BCUT2D eigenvalue weighted by Gasteiger charge is -2.17. The number of rotatable bonds is 7. The summed E-state index contributed by atoms with van der Waals surface area (Å²) in [5, 5.41) is 11.7. The number of hydrogen-bond donors (Lipinski definition) is 5. The van der Waals surface area contributed by atoms with Gasteiger partial charge in [-0.05, 0) is 30.7 Å². The Hall–Kier alpha value is -3.85. The van der Waals surface area contributed by atoms with Crippen LogP contribution in [0, 0.1) is 0 Å². The van der Waals surface area contributed by atoms with Gasteiger partial charge in [-0.15, -0.1) is 0 Å². The van der Waals surface area contributed by atoms with Crippen LogP contribution in [0.3, 0.4) is 0 Å². The molecule has 0 fully saturated rings. The third kappa shape index (κ3) is 5.61. The van der Waals surface area contributed by atoms with Crippen LogP contribution in [0.1, 0.15) is 28.9 Å². The minimum absolute atomic E-state index is 0.124. The first-order chi connectivity index (χ1) is 14.9. The summed E-state index contributed by atoms with van der Waals surface area (Å²) < 4.78 is 0. The van der Waals surface area contributed by atoms with E-state index in [-0.39, 0.29) is 17.6 Å². The molecule has 3 aromatic rings. The Balaban J connectivity index is 1.86. The summed E-state index contributed by atoms with van der Waals surface area (Å²) in [6.45, 7) is 1.95. The van der Waals surface area contributed by atoms with Crippen molar-refractivity contribution in [3.8, 4) is 0 Å². The van der Waals surface area contributed by atoms with E-state index in [1.165, 1.54) is 13.2 Å². The molecule has 0 unspecified atom stereocenters. The minimum Gasteiger partial charge on any atom is -0.365 e. The molecule has 6 N–H and O–H groups in total. The molecular formula is C21H22ClN7O2. The molecule has 0 aliphatic heterocycles. The average molecular weight is 440 g/mol. The molecule has 10 heteroatoms. The zero-order valence-corrected chi connectivity index (χ0v) is 17.7. The van der Waals surface area contributed by atoms with E-state index in [4.69, 9.17) is 17.3 Å². The van der Waals surface area contributed by atoms with Gasteiger partial charge in [0.25, 0.3) is 5.91 Å². The molecule has 3 rings (SSSR count). The number of halogens is 1. The second-order valence-electron chi connectivity index (χ2n) is 6.62. The van der Waals surface area contributed by atoms with Gasteiger partial charge in [-0.25, -0.2) is 9.78 Å². The van der Waals surface area contributed by atoms with Gasteiger partial charge in [-0.2, -0.15) is 4.98 Å². The number of anilines is 4. The maximum Gasteiger partial charge on any atom is 0.319 e. The van der Waals surface area contributed by atoms with E-state index < -0.39 is 11.9 Å². The fourth-order valence-electron chi connectivity index (χ4n) is 2.78. The van der Waals surface area contributed by atoms with Crippen molar-refractivity contribution in [2.45, 2.75) is 13.0 Å². The van der Waals surface area contributed by atoms with Crippen molar-refractivity contribution in [2.24, 2.45) is 5.73 Å². The highest BCUT2D eigenvalue weighted by atomic mass is 35.5. The van der Waals surface area contributed by atoms with Crippen LogP contribution in [-0.4, -0.2) is 29.0 Å². The summed E-state index contributed by atoms with van der Waals surface area (Å²) in [6, 6.07) is 14.2. The lowest BCUT2D eigenvalue weighted by atomic mass is 10.1. The highest BCUT2D eigenvalue weighted by Crippen LogP contribution is 2.28. The first-order valence-electron chi connectivity index (χ1n) is 9.41. The molecule has 0 saturated carbocycles. The zero-order chi connectivity index (χ0) is 22.4. The van der Waals surface area contributed by atoms with Crippen LogP contribution in [-0.2, 0) is 0 Å². The Labute approximate surface area is 184 Å². The van der Waals surface area contributed by atoms with Gasteiger partial charge < -0.3 is 27.0 Å². The van der Waals surface area contributed by atoms with Crippen molar-refractivity contribution in [1.82, 2.24) is 15.3 Å². The molecule has 0 aliphatic carbocycles. The van der Waals surface area contributed by atoms with E-state index in [0.29, 0.717) is 22.2 Å². The van der Waals surface area contributed by atoms with E-state index in [1.807, 2.05) is 37.3 Å². The molecule has 1 heterocycles. The topological polar surface area (TPSA) is 134 Å². The molecule has 0 saturated heterocycles. The summed E-state index contributed by atoms with van der Waals surface area (Å²) in [5.74, 6) is -0.0992. The fourth-order valence-corrected chi connectivity index (χ4v) is 2.94.